The molecule has 0 unspecified atom stereocenters. The molecule has 13 aromatic rings. The number of benzene rings is 13. The highest BCUT2D eigenvalue weighted by Gasteiger charge is 2.28. The number of hydrogen-bond donors (Lipinski definition) is 0. The molecule has 2 aliphatic rings. The fourth-order valence-electron chi connectivity index (χ4n) is 13.0. The van der Waals surface area contributed by atoms with Crippen molar-refractivity contribution in [1.29, 1.82) is 0 Å². The summed E-state index contributed by atoms with van der Waals surface area (Å²) < 4.78 is 0. The van der Waals surface area contributed by atoms with Crippen LogP contribution in [-0.4, -0.2) is 0 Å². The van der Waals surface area contributed by atoms with Crippen LogP contribution in [0.15, 0.2) is 267 Å². The lowest BCUT2D eigenvalue weighted by atomic mass is 9.81. The minimum absolute atomic E-state index is 0.981. The summed E-state index contributed by atoms with van der Waals surface area (Å²) in [5.41, 5.74) is 22.3. The summed E-state index contributed by atoms with van der Waals surface area (Å²) >= 11 is 0. The summed E-state index contributed by atoms with van der Waals surface area (Å²) in [4.78, 5) is 5.06. The van der Waals surface area contributed by atoms with E-state index >= 15 is 0 Å². The van der Waals surface area contributed by atoms with Gasteiger partial charge in [0.15, 0.2) is 0 Å². The molecule has 0 bridgehead atoms. The summed E-state index contributed by atoms with van der Waals surface area (Å²) in [6.07, 6.45) is 3.92. The summed E-state index contributed by atoms with van der Waals surface area (Å²) in [6, 6.07) is 100. The van der Waals surface area contributed by atoms with E-state index in [-0.39, 0.29) is 0 Å². The van der Waals surface area contributed by atoms with E-state index in [0.717, 1.165) is 37.1 Å². The van der Waals surface area contributed by atoms with Gasteiger partial charge in [0.1, 0.15) is 0 Å². The first kappa shape index (κ1) is 44.0. The number of nitrogens with zero attached hydrogens (tertiary/aromatic N) is 2. The summed E-state index contributed by atoms with van der Waals surface area (Å²) in [5, 5.41) is 9.77. The summed E-state index contributed by atoms with van der Waals surface area (Å²) in [7, 11) is 0. The van der Waals surface area contributed by atoms with Crippen LogP contribution < -0.4 is 9.80 Å². The normalized spacial score (nSPS) is 13.0. The van der Waals surface area contributed by atoms with Crippen LogP contribution in [0.25, 0.3) is 87.6 Å². The van der Waals surface area contributed by atoms with Crippen molar-refractivity contribution < 1.29 is 0 Å². The van der Waals surface area contributed by atoms with Gasteiger partial charge < -0.3 is 9.80 Å². The molecule has 0 radical (unpaired) electrons. The van der Waals surface area contributed by atoms with Crippen molar-refractivity contribution in [1.82, 2.24) is 0 Å². The third-order valence-electron chi connectivity index (χ3n) is 16.4. The standard InChI is InChI=1S/C74H52N2/c1-7-27-57-49(19-1)25-17-33-59(57)61-29-9-11-31-63(61)73-65-45-43-56(76-71-37-15-5-23-53(71)41-42-54-24-6-16-38-72(54)76)48-68(65)74(64-32-12-10-30-62(64)60-34-18-26-50-20-2-8-28-58(50)60)66-46-44-55(47-67(66)73)75-69-35-13-3-21-51(69)39-40-52-22-4-14-36-70(52)75/h1-38,43-48H,39-42H2. The molecule has 358 valence electrons. The monoisotopic (exact) mass is 968 g/mol. The van der Waals surface area contributed by atoms with Crippen molar-refractivity contribution in [3.05, 3.63) is 289 Å². The van der Waals surface area contributed by atoms with Crippen LogP contribution in [0.4, 0.5) is 34.1 Å². The van der Waals surface area contributed by atoms with Crippen molar-refractivity contribution >= 4 is 77.2 Å². The Bertz CT molecular complexity index is 4060. The molecule has 0 saturated carbocycles. The summed E-state index contributed by atoms with van der Waals surface area (Å²) in [5.74, 6) is 0. The first-order chi connectivity index (χ1) is 37.7. The quantitative estimate of drug-likeness (QED) is 0.153. The van der Waals surface area contributed by atoms with Gasteiger partial charge in [0.25, 0.3) is 0 Å². The van der Waals surface area contributed by atoms with E-state index in [9.17, 15) is 0 Å². The third-order valence-corrected chi connectivity index (χ3v) is 16.4. The molecule has 0 amide bonds. The van der Waals surface area contributed by atoms with Crippen LogP contribution in [0.1, 0.15) is 22.3 Å². The molecule has 76 heavy (non-hydrogen) atoms. The largest absolute Gasteiger partial charge is 0.310 e. The predicted octanol–water partition coefficient (Wildman–Crippen LogP) is 20.1. The van der Waals surface area contributed by atoms with Crippen molar-refractivity contribution in [2.24, 2.45) is 0 Å². The Balaban J connectivity index is 1.10. The molecule has 0 spiro atoms. The van der Waals surface area contributed by atoms with Gasteiger partial charge in [-0.25, -0.2) is 0 Å². The second-order valence-corrected chi connectivity index (χ2v) is 20.5. The number of rotatable bonds is 6. The molecule has 2 aliphatic heterocycles. The van der Waals surface area contributed by atoms with Gasteiger partial charge in [-0.05, 0) is 184 Å². The molecule has 15 rings (SSSR count). The Hall–Kier alpha value is -9.50. The average Bonchev–Trinajstić information content (AvgIpc) is 3.79. The lowest BCUT2D eigenvalue weighted by molar-refractivity contribution is 0.977. The lowest BCUT2D eigenvalue weighted by Crippen LogP contribution is -2.12. The molecule has 0 fully saturated rings. The number of anilines is 6. The van der Waals surface area contributed by atoms with Gasteiger partial charge in [0.2, 0.25) is 0 Å². The highest BCUT2D eigenvalue weighted by Crippen LogP contribution is 2.53. The molecule has 0 saturated heterocycles. The van der Waals surface area contributed by atoms with Crippen LogP contribution in [0.2, 0.25) is 0 Å². The minimum atomic E-state index is 0.981. The Morgan fingerprint density at radius 1 is 0.211 bits per heavy atom. The number of aryl methyl sites for hydroxylation is 4. The van der Waals surface area contributed by atoms with Crippen molar-refractivity contribution in [2.75, 3.05) is 9.80 Å². The fourth-order valence-corrected chi connectivity index (χ4v) is 13.0. The van der Waals surface area contributed by atoms with Crippen molar-refractivity contribution in [3.8, 4) is 44.5 Å². The van der Waals surface area contributed by atoms with Gasteiger partial charge in [-0.1, -0.05) is 218 Å². The third kappa shape index (κ3) is 7.17. The first-order valence-electron chi connectivity index (χ1n) is 26.8. The van der Waals surface area contributed by atoms with Gasteiger partial charge in [0.05, 0.1) is 0 Å². The van der Waals surface area contributed by atoms with E-state index in [2.05, 4.69) is 277 Å². The van der Waals surface area contributed by atoms with E-state index in [1.165, 1.54) is 133 Å². The minimum Gasteiger partial charge on any atom is -0.310 e. The van der Waals surface area contributed by atoms with E-state index in [1.54, 1.807) is 0 Å². The smallest absolute Gasteiger partial charge is 0.0493 e. The molecular formula is C74H52N2. The zero-order valence-electron chi connectivity index (χ0n) is 42.1. The van der Waals surface area contributed by atoms with Crippen molar-refractivity contribution in [2.45, 2.75) is 25.7 Å². The zero-order valence-corrected chi connectivity index (χ0v) is 42.1. The number of fused-ring (bicyclic) bond motifs is 8. The van der Waals surface area contributed by atoms with Gasteiger partial charge in [-0.15, -0.1) is 0 Å². The van der Waals surface area contributed by atoms with Crippen LogP contribution in [0.3, 0.4) is 0 Å². The highest BCUT2D eigenvalue weighted by atomic mass is 15.2. The maximum atomic E-state index is 2.53. The van der Waals surface area contributed by atoms with Gasteiger partial charge in [0, 0.05) is 34.1 Å². The van der Waals surface area contributed by atoms with E-state index in [4.69, 9.17) is 0 Å². The fraction of sp³-hybridized carbons (Fsp3) is 0.0541. The highest BCUT2D eigenvalue weighted by molar-refractivity contribution is 6.25. The Morgan fingerprint density at radius 3 is 0.908 bits per heavy atom. The molecule has 2 heteroatoms. The van der Waals surface area contributed by atoms with E-state index in [1.807, 2.05) is 0 Å². The molecule has 0 aliphatic carbocycles. The topological polar surface area (TPSA) is 6.48 Å². The zero-order chi connectivity index (χ0) is 50.1. The average molecular weight is 969 g/mol. The van der Waals surface area contributed by atoms with Crippen LogP contribution in [-0.2, 0) is 25.7 Å². The maximum absolute atomic E-state index is 2.53. The number of hydrogen-bond acceptors (Lipinski definition) is 2. The molecule has 0 N–H and O–H groups in total. The van der Waals surface area contributed by atoms with Crippen LogP contribution in [0.5, 0.6) is 0 Å². The molecule has 13 aromatic carbocycles. The van der Waals surface area contributed by atoms with E-state index < -0.39 is 0 Å². The van der Waals surface area contributed by atoms with Gasteiger partial charge in [-0.3, -0.25) is 0 Å². The second kappa shape index (κ2) is 18.2. The van der Waals surface area contributed by atoms with Gasteiger partial charge in [-0.2, -0.15) is 0 Å². The SMILES string of the molecule is c1ccc2c(c1)CCc1ccccc1N2c1ccc2c(-c3ccccc3-c3cccc4ccccc34)c3cc(N4c5ccccc5CCc5ccccc54)ccc3c(-c3ccccc3-c3cccc4ccccc34)c2c1. The van der Waals surface area contributed by atoms with Crippen LogP contribution in [0, 0.1) is 0 Å². The Labute approximate surface area is 444 Å². The molecule has 0 aromatic heterocycles. The molecule has 2 nitrogen and oxygen atoms in total. The predicted molar refractivity (Wildman–Crippen MR) is 322 cm³/mol. The number of para-hydroxylation sites is 4. The Kier molecular flexibility index (Phi) is 10.5. The maximum Gasteiger partial charge on any atom is 0.0493 e. The van der Waals surface area contributed by atoms with Crippen LogP contribution >= 0.6 is 0 Å². The lowest BCUT2D eigenvalue weighted by Gasteiger charge is -2.30. The summed E-state index contributed by atoms with van der Waals surface area (Å²) in [6.45, 7) is 0. The first-order valence-corrected chi connectivity index (χ1v) is 26.8. The molecule has 2 heterocycles. The van der Waals surface area contributed by atoms with Gasteiger partial charge >= 0.3 is 0 Å². The Morgan fingerprint density at radius 2 is 0.513 bits per heavy atom. The molecular weight excluding hydrogens is 917 g/mol. The van der Waals surface area contributed by atoms with Crippen molar-refractivity contribution in [3.63, 3.8) is 0 Å². The van der Waals surface area contributed by atoms with E-state index in [0.29, 0.717) is 0 Å². The molecule has 0 atom stereocenters. The second-order valence-electron chi connectivity index (χ2n) is 20.5.